The van der Waals surface area contributed by atoms with Crippen LogP contribution in [0.2, 0.25) is 0 Å². The van der Waals surface area contributed by atoms with Crippen LogP contribution in [0, 0.1) is 11.6 Å². The van der Waals surface area contributed by atoms with E-state index in [-0.39, 0.29) is 19.0 Å². The van der Waals surface area contributed by atoms with Crippen LogP contribution < -0.4 is 0 Å². The fourth-order valence-electron chi connectivity index (χ4n) is 2.80. The standard InChI is InChI=1S/C16H13F2N3O2S/c17-11-5-6-15(12(18)7-11)24(22,23)21-8-10(9-21)16-19-13-3-1-2-4-14(13)20-16/h1-7,10H,8-9H2,(H,19,20). The van der Waals surface area contributed by atoms with Crippen molar-refractivity contribution in [3.8, 4) is 0 Å². The van der Waals surface area contributed by atoms with Gasteiger partial charge in [0.15, 0.2) is 0 Å². The van der Waals surface area contributed by atoms with E-state index in [1.54, 1.807) is 0 Å². The Bertz CT molecular complexity index is 994. The van der Waals surface area contributed by atoms with Crippen LogP contribution in [0.25, 0.3) is 11.0 Å². The number of halogens is 2. The zero-order chi connectivity index (χ0) is 16.9. The van der Waals surface area contributed by atoms with Gasteiger partial charge in [0.05, 0.1) is 11.0 Å². The van der Waals surface area contributed by atoms with Gasteiger partial charge in [0.1, 0.15) is 22.4 Å². The van der Waals surface area contributed by atoms with Gasteiger partial charge in [0.25, 0.3) is 0 Å². The summed E-state index contributed by atoms with van der Waals surface area (Å²) in [7, 11) is -3.97. The summed E-state index contributed by atoms with van der Waals surface area (Å²) >= 11 is 0. The van der Waals surface area contributed by atoms with Crippen LogP contribution in [0.5, 0.6) is 0 Å². The first-order valence-electron chi connectivity index (χ1n) is 7.35. The topological polar surface area (TPSA) is 66.1 Å². The summed E-state index contributed by atoms with van der Waals surface area (Å²) in [4.78, 5) is 7.12. The van der Waals surface area contributed by atoms with E-state index < -0.39 is 26.6 Å². The van der Waals surface area contributed by atoms with E-state index in [0.717, 1.165) is 23.2 Å². The molecule has 0 unspecified atom stereocenters. The Morgan fingerprint density at radius 2 is 1.88 bits per heavy atom. The lowest BCUT2D eigenvalue weighted by atomic mass is 10.0. The Labute approximate surface area is 137 Å². The first-order chi connectivity index (χ1) is 11.4. The monoisotopic (exact) mass is 349 g/mol. The second-order valence-corrected chi connectivity index (χ2v) is 7.64. The summed E-state index contributed by atoms with van der Waals surface area (Å²) in [5.74, 6) is -1.25. The fraction of sp³-hybridized carbons (Fsp3) is 0.188. The largest absolute Gasteiger partial charge is 0.342 e. The van der Waals surface area contributed by atoms with E-state index in [1.165, 1.54) is 4.31 Å². The van der Waals surface area contributed by atoms with Crippen molar-refractivity contribution in [2.24, 2.45) is 0 Å². The molecule has 0 bridgehead atoms. The fourth-order valence-corrected chi connectivity index (χ4v) is 4.37. The van der Waals surface area contributed by atoms with Crippen molar-refractivity contribution in [3.05, 3.63) is 59.9 Å². The first-order valence-corrected chi connectivity index (χ1v) is 8.79. The van der Waals surface area contributed by atoms with E-state index in [9.17, 15) is 17.2 Å². The van der Waals surface area contributed by atoms with Crippen molar-refractivity contribution in [1.29, 1.82) is 0 Å². The van der Waals surface area contributed by atoms with Crippen molar-refractivity contribution in [3.63, 3.8) is 0 Å². The molecule has 124 valence electrons. The number of imidazole rings is 1. The number of hydrogen-bond donors (Lipinski definition) is 1. The van der Waals surface area contributed by atoms with Gasteiger partial charge in [-0.05, 0) is 24.3 Å². The Morgan fingerprint density at radius 1 is 1.12 bits per heavy atom. The minimum Gasteiger partial charge on any atom is -0.342 e. The van der Waals surface area contributed by atoms with Gasteiger partial charge in [-0.15, -0.1) is 0 Å². The van der Waals surface area contributed by atoms with Gasteiger partial charge in [-0.25, -0.2) is 22.2 Å². The van der Waals surface area contributed by atoms with Crippen LogP contribution in [0.15, 0.2) is 47.4 Å². The van der Waals surface area contributed by atoms with Gasteiger partial charge in [0.2, 0.25) is 10.0 Å². The molecule has 1 aliphatic heterocycles. The number of hydrogen-bond acceptors (Lipinski definition) is 3. The van der Waals surface area contributed by atoms with Crippen molar-refractivity contribution in [2.45, 2.75) is 10.8 Å². The molecule has 0 atom stereocenters. The highest BCUT2D eigenvalue weighted by Gasteiger charge is 2.40. The van der Waals surface area contributed by atoms with Crippen LogP contribution in [-0.4, -0.2) is 35.8 Å². The molecule has 8 heteroatoms. The van der Waals surface area contributed by atoms with Gasteiger partial charge in [-0.1, -0.05) is 12.1 Å². The smallest absolute Gasteiger partial charge is 0.246 e. The van der Waals surface area contributed by atoms with E-state index in [4.69, 9.17) is 0 Å². The minimum absolute atomic E-state index is 0.0734. The molecule has 24 heavy (non-hydrogen) atoms. The molecule has 1 fully saturated rings. The van der Waals surface area contributed by atoms with Crippen LogP contribution in [0.1, 0.15) is 11.7 Å². The second kappa shape index (κ2) is 5.35. The Hall–Kier alpha value is -2.32. The molecule has 3 aromatic rings. The zero-order valence-electron chi connectivity index (χ0n) is 12.4. The third-order valence-corrected chi connectivity index (χ3v) is 6.02. The van der Waals surface area contributed by atoms with Gasteiger partial charge in [-0.3, -0.25) is 0 Å². The number of fused-ring (bicyclic) bond motifs is 1. The number of benzene rings is 2. The maximum Gasteiger partial charge on any atom is 0.246 e. The second-order valence-electron chi connectivity index (χ2n) is 5.73. The van der Waals surface area contributed by atoms with Crippen molar-refractivity contribution >= 4 is 21.1 Å². The molecule has 1 aromatic heterocycles. The molecule has 2 heterocycles. The Morgan fingerprint density at radius 3 is 2.58 bits per heavy atom. The molecule has 1 aliphatic rings. The van der Waals surface area contributed by atoms with Crippen molar-refractivity contribution < 1.29 is 17.2 Å². The molecule has 1 N–H and O–H groups in total. The predicted molar refractivity (Wildman–Crippen MR) is 84.0 cm³/mol. The lowest BCUT2D eigenvalue weighted by Gasteiger charge is -2.36. The molecule has 0 aliphatic carbocycles. The van der Waals surface area contributed by atoms with E-state index in [2.05, 4.69) is 9.97 Å². The number of sulfonamides is 1. The summed E-state index contributed by atoms with van der Waals surface area (Å²) in [6, 6.07) is 9.99. The summed E-state index contributed by atoms with van der Waals surface area (Å²) in [5, 5.41) is 0. The summed E-state index contributed by atoms with van der Waals surface area (Å²) in [6.07, 6.45) is 0. The van der Waals surface area contributed by atoms with Crippen LogP contribution in [0.3, 0.4) is 0 Å². The first kappa shape index (κ1) is 15.2. The molecule has 0 spiro atoms. The number of H-pyrrole nitrogens is 1. The number of aromatic nitrogens is 2. The third-order valence-electron chi connectivity index (χ3n) is 4.15. The molecule has 2 aromatic carbocycles. The molecule has 0 saturated carbocycles. The highest BCUT2D eigenvalue weighted by atomic mass is 32.2. The SMILES string of the molecule is O=S(=O)(c1ccc(F)cc1F)N1CC(c2nc3ccccc3[nH]2)C1. The highest BCUT2D eigenvalue weighted by Crippen LogP contribution is 2.32. The van der Waals surface area contributed by atoms with Crippen LogP contribution in [0.4, 0.5) is 8.78 Å². The van der Waals surface area contributed by atoms with Gasteiger partial charge >= 0.3 is 0 Å². The van der Waals surface area contributed by atoms with Crippen LogP contribution >= 0.6 is 0 Å². The number of rotatable bonds is 3. The lowest BCUT2D eigenvalue weighted by molar-refractivity contribution is 0.256. The molecule has 0 amide bonds. The molecular weight excluding hydrogens is 336 g/mol. The summed E-state index contributed by atoms with van der Waals surface area (Å²) in [6.45, 7) is 0.415. The van der Waals surface area contributed by atoms with Crippen molar-refractivity contribution in [1.82, 2.24) is 14.3 Å². The number of aromatic amines is 1. The molecule has 5 nitrogen and oxygen atoms in total. The average Bonchev–Trinajstić information content (AvgIpc) is 2.88. The average molecular weight is 349 g/mol. The van der Waals surface area contributed by atoms with Gasteiger partial charge in [-0.2, -0.15) is 4.31 Å². The molecule has 0 radical (unpaired) electrons. The molecule has 1 saturated heterocycles. The number of nitrogens with one attached hydrogen (secondary N) is 1. The van der Waals surface area contributed by atoms with Crippen LogP contribution in [-0.2, 0) is 10.0 Å². The number of para-hydroxylation sites is 2. The summed E-state index contributed by atoms with van der Waals surface area (Å²) < 4.78 is 52.7. The maximum atomic E-state index is 13.8. The lowest BCUT2D eigenvalue weighted by Crippen LogP contribution is -2.48. The zero-order valence-corrected chi connectivity index (χ0v) is 13.2. The predicted octanol–water partition coefficient (Wildman–Crippen LogP) is 2.63. The quantitative estimate of drug-likeness (QED) is 0.790. The van der Waals surface area contributed by atoms with E-state index in [1.807, 2.05) is 24.3 Å². The van der Waals surface area contributed by atoms with Crippen molar-refractivity contribution in [2.75, 3.05) is 13.1 Å². The maximum absolute atomic E-state index is 13.8. The third kappa shape index (κ3) is 2.38. The number of nitrogens with zero attached hydrogens (tertiary/aromatic N) is 2. The van der Waals surface area contributed by atoms with Gasteiger partial charge < -0.3 is 4.98 Å². The normalized spacial score (nSPS) is 16.4. The summed E-state index contributed by atoms with van der Waals surface area (Å²) in [5.41, 5.74) is 1.71. The van der Waals surface area contributed by atoms with E-state index >= 15 is 0 Å². The minimum atomic E-state index is -3.97. The Kier molecular flexibility index (Phi) is 3.40. The Balaban J connectivity index is 1.56. The van der Waals surface area contributed by atoms with E-state index in [0.29, 0.717) is 11.9 Å². The molecule has 4 rings (SSSR count). The highest BCUT2D eigenvalue weighted by molar-refractivity contribution is 7.89. The van der Waals surface area contributed by atoms with Gasteiger partial charge in [0, 0.05) is 25.1 Å². The molecular formula is C16H13F2N3O2S.